The first kappa shape index (κ1) is 13.6. The monoisotopic (exact) mass is 271 g/mol. The Morgan fingerprint density at radius 1 is 0.900 bits per heavy atom. The number of benzene rings is 2. The summed E-state index contributed by atoms with van der Waals surface area (Å²) in [5.74, 6) is -1.16. The molecule has 5 nitrogen and oxygen atoms in total. The quantitative estimate of drug-likeness (QED) is 0.898. The van der Waals surface area contributed by atoms with Crippen LogP contribution in [-0.2, 0) is 0 Å². The van der Waals surface area contributed by atoms with Crippen molar-refractivity contribution in [1.82, 2.24) is 0 Å². The minimum Gasteiger partial charge on any atom is -0.508 e. The van der Waals surface area contributed by atoms with Gasteiger partial charge in [-0.15, -0.1) is 0 Å². The van der Waals surface area contributed by atoms with E-state index in [1.54, 1.807) is 19.2 Å². The number of carboxylic acids is 1. The van der Waals surface area contributed by atoms with Gasteiger partial charge in [-0.25, -0.2) is 4.79 Å². The summed E-state index contributed by atoms with van der Waals surface area (Å²) < 4.78 is 0. The second kappa shape index (κ2) is 5.44. The van der Waals surface area contributed by atoms with Gasteiger partial charge in [0, 0.05) is 18.3 Å². The van der Waals surface area contributed by atoms with Crippen molar-refractivity contribution in [3.05, 3.63) is 59.7 Å². The Morgan fingerprint density at radius 3 is 1.90 bits per heavy atom. The maximum atomic E-state index is 12.2. The van der Waals surface area contributed by atoms with Crippen LogP contribution in [0.2, 0.25) is 0 Å². The fourth-order valence-corrected chi connectivity index (χ4v) is 1.74. The van der Waals surface area contributed by atoms with Crippen LogP contribution in [0, 0.1) is 0 Å². The van der Waals surface area contributed by atoms with Gasteiger partial charge in [-0.2, -0.15) is 0 Å². The van der Waals surface area contributed by atoms with E-state index >= 15 is 0 Å². The molecule has 0 spiro atoms. The van der Waals surface area contributed by atoms with E-state index in [2.05, 4.69) is 0 Å². The highest BCUT2D eigenvalue weighted by atomic mass is 16.4. The van der Waals surface area contributed by atoms with Gasteiger partial charge in [0.25, 0.3) is 5.91 Å². The molecule has 0 aliphatic rings. The van der Waals surface area contributed by atoms with Crippen LogP contribution in [0.1, 0.15) is 20.7 Å². The number of nitrogens with zero attached hydrogens (tertiary/aromatic N) is 1. The molecule has 0 fully saturated rings. The summed E-state index contributed by atoms with van der Waals surface area (Å²) >= 11 is 0. The second-order valence-electron chi connectivity index (χ2n) is 4.26. The number of rotatable bonds is 3. The second-order valence-corrected chi connectivity index (χ2v) is 4.26. The van der Waals surface area contributed by atoms with Crippen LogP contribution in [0.3, 0.4) is 0 Å². The zero-order valence-corrected chi connectivity index (χ0v) is 10.8. The Kier molecular flexibility index (Phi) is 3.70. The van der Waals surface area contributed by atoms with Crippen molar-refractivity contribution in [3.8, 4) is 5.75 Å². The van der Waals surface area contributed by atoms with Crippen LogP contribution in [0.15, 0.2) is 48.5 Å². The number of carbonyl (C=O) groups excluding carboxylic acids is 1. The van der Waals surface area contributed by atoms with Crippen molar-refractivity contribution >= 4 is 17.6 Å². The molecule has 0 saturated heterocycles. The molecule has 0 aliphatic carbocycles. The number of phenols is 1. The van der Waals surface area contributed by atoms with Gasteiger partial charge in [0.1, 0.15) is 5.75 Å². The standard InChI is InChI=1S/C15H13NO4/c1-16(12-6-2-11(3-7-12)15(19)20)14(18)10-4-8-13(17)9-5-10/h2-9,17H,1H3,(H,19,20). The normalized spacial score (nSPS) is 10.1. The molecule has 2 N–H and O–H groups in total. The van der Waals surface area contributed by atoms with E-state index in [1.807, 2.05) is 0 Å². The molecule has 0 aromatic heterocycles. The first-order valence-corrected chi connectivity index (χ1v) is 5.89. The lowest BCUT2D eigenvalue weighted by atomic mass is 10.1. The summed E-state index contributed by atoms with van der Waals surface area (Å²) in [5.41, 5.74) is 1.19. The van der Waals surface area contributed by atoms with Crippen molar-refractivity contribution in [1.29, 1.82) is 0 Å². The van der Waals surface area contributed by atoms with Gasteiger partial charge in [-0.05, 0) is 48.5 Å². The number of phenolic OH excluding ortho intramolecular Hbond substituents is 1. The van der Waals surface area contributed by atoms with Gasteiger partial charge in [0.15, 0.2) is 0 Å². The van der Waals surface area contributed by atoms with Crippen molar-refractivity contribution < 1.29 is 19.8 Å². The van der Waals surface area contributed by atoms with Crippen LogP contribution >= 0.6 is 0 Å². The maximum absolute atomic E-state index is 12.2. The first-order valence-electron chi connectivity index (χ1n) is 5.89. The van der Waals surface area contributed by atoms with E-state index in [0.29, 0.717) is 11.3 Å². The molecule has 2 aromatic rings. The minimum atomic E-state index is -1.01. The highest BCUT2D eigenvalue weighted by Crippen LogP contribution is 2.18. The van der Waals surface area contributed by atoms with E-state index in [1.165, 1.54) is 41.3 Å². The third kappa shape index (κ3) is 2.77. The number of anilines is 1. The summed E-state index contributed by atoms with van der Waals surface area (Å²) in [4.78, 5) is 24.4. The van der Waals surface area contributed by atoms with E-state index in [-0.39, 0.29) is 17.2 Å². The molecule has 1 amide bonds. The lowest BCUT2D eigenvalue weighted by Crippen LogP contribution is -2.26. The number of aromatic hydroxyl groups is 1. The molecule has 0 aliphatic heterocycles. The van der Waals surface area contributed by atoms with Gasteiger partial charge in [-0.3, -0.25) is 4.79 Å². The average Bonchev–Trinajstić information content (AvgIpc) is 2.46. The molecule has 0 heterocycles. The van der Waals surface area contributed by atoms with Gasteiger partial charge >= 0.3 is 5.97 Å². The number of carboxylic acid groups (broad SMARTS) is 1. The van der Waals surface area contributed by atoms with Crippen LogP contribution in [0.4, 0.5) is 5.69 Å². The Morgan fingerprint density at radius 2 is 1.40 bits per heavy atom. The summed E-state index contributed by atoms with van der Waals surface area (Å²) in [6.07, 6.45) is 0. The molecule has 20 heavy (non-hydrogen) atoms. The number of hydrogen-bond acceptors (Lipinski definition) is 3. The van der Waals surface area contributed by atoms with Gasteiger partial charge in [0.05, 0.1) is 5.56 Å². The SMILES string of the molecule is CN(C(=O)c1ccc(O)cc1)c1ccc(C(=O)O)cc1. The summed E-state index contributed by atoms with van der Waals surface area (Å²) in [7, 11) is 1.60. The van der Waals surface area contributed by atoms with Crippen molar-refractivity contribution in [2.45, 2.75) is 0 Å². The van der Waals surface area contributed by atoms with Crippen LogP contribution in [-0.4, -0.2) is 29.1 Å². The van der Waals surface area contributed by atoms with E-state index in [0.717, 1.165) is 0 Å². The zero-order chi connectivity index (χ0) is 14.7. The molecule has 2 aromatic carbocycles. The predicted octanol–water partition coefficient (Wildman–Crippen LogP) is 2.37. The predicted molar refractivity (Wildman–Crippen MR) is 74.2 cm³/mol. The number of amides is 1. The van der Waals surface area contributed by atoms with Crippen molar-refractivity contribution in [2.75, 3.05) is 11.9 Å². The van der Waals surface area contributed by atoms with Gasteiger partial charge in [-0.1, -0.05) is 0 Å². The van der Waals surface area contributed by atoms with Gasteiger partial charge < -0.3 is 15.1 Å². The average molecular weight is 271 g/mol. The largest absolute Gasteiger partial charge is 0.508 e. The molecule has 2 rings (SSSR count). The number of aromatic carboxylic acids is 1. The van der Waals surface area contributed by atoms with E-state index in [9.17, 15) is 14.7 Å². The molecule has 0 unspecified atom stereocenters. The Balaban J connectivity index is 2.22. The molecule has 0 saturated carbocycles. The van der Waals surface area contributed by atoms with Gasteiger partial charge in [0.2, 0.25) is 0 Å². The molecule has 0 radical (unpaired) electrons. The molecular formula is C15H13NO4. The summed E-state index contributed by atoms with van der Waals surface area (Å²) in [6.45, 7) is 0. The number of hydrogen-bond donors (Lipinski definition) is 2. The molecule has 0 atom stereocenters. The minimum absolute atomic E-state index is 0.0926. The number of carbonyl (C=O) groups is 2. The van der Waals surface area contributed by atoms with Crippen LogP contribution < -0.4 is 4.90 Å². The van der Waals surface area contributed by atoms with E-state index in [4.69, 9.17) is 5.11 Å². The summed E-state index contributed by atoms with van der Waals surface area (Å²) in [5, 5.41) is 18.0. The van der Waals surface area contributed by atoms with Crippen LogP contribution in [0.5, 0.6) is 5.75 Å². The lowest BCUT2D eigenvalue weighted by molar-refractivity contribution is 0.0696. The summed E-state index contributed by atoms with van der Waals surface area (Å²) in [6, 6.07) is 12.0. The fourth-order valence-electron chi connectivity index (χ4n) is 1.74. The fraction of sp³-hybridized carbons (Fsp3) is 0.0667. The van der Waals surface area contributed by atoms with E-state index < -0.39 is 5.97 Å². The molecule has 102 valence electrons. The molecule has 0 bridgehead atoms. The highest BCUT2D eigenvalue weighted by Gasteiger charge is 2.13. The molecular weight excluding hydrogens is 258 g/mol. The Labute approximate surface area is 115 Å². The smallest absolute Gasteiger partial charge is 0.335 e. The maximum Gasteiger partial charge on any atom is 0.335 e. The Bertz CT molecular complexity index is 632. The molecule has 5 heteroatoms. The third-order valence-corrected chi connectivity index (χ3v) is 2.92. The topological polar surface area (TPSA) is 77.8 Å². The Hall–Kier alpha value is -2.82. The van der Waals surface area contributed by atoms with Crippen LogP contribution in [0.25, 0.3) is 0 Å². The van der Waals surface area contributed by atoms with Crippen molar-refractivity contribution in [3.63, 3.8) is 0 Å². The highest BCUT2D eigenvalue weighted by molar-refractivity contribution is 6.05. The third-order valence-electron chi connectivity index (χ3n) is 2.92. The first-order chi connectivity index (χ1) is 9.49. The lowest BCUT2D eigenvalue weighted by Gasteiger charge is -2.17. The van der Waals surface area contributed by atoms with Crippen molar-refractivity contribution in [2.24, 2.45) is 0 Å². The zero-order valence-electron chi connectivity index (χ0n) is 10.8.